The minimum Gasteiger partial charge on any atom is -0.341 e. The van der Waals surface area contributed by atoms with E-state index in [9.17, 15) is 9.59 Å². The summed E-state index contributed by atoms with van der Waals surface area (Å²) in [6, 6.07) is 21.3. The van der Waals surface area contributed by atoms with Crippen molar-refractivity contribution >= 4 is 44.4 Å². The Morgan fingerprint density at radius 2 is 1.63 bits per heavy atom. The molecule has 0 saturated heterocycles. The number of fused-ring (bicyclic) bond motifs is 4. The lowest BCUT2D eigenvalue weighted by Crippen LogP contribution is -2.29. The zero-order valence-electron chi connectivity index (χ0n) is 16.7. The van der Waals surface area contributed by atoms with Gasteiger partial charge in [0.25, 0.3) is 11.5 Å². The third-order valence-electron chi connectivity index (χ3n) is 5.54. The molecule has 1 amide bonds. The maximum absolute atomic E-state index is 12.9. The van der Waals surface area contributed by atoms with Crippen LogP contribution in [0.2, 0.25) is 0 Å². The van der Waals surface area contributed by atoms with Crippen LogP contribution in [-0.4, -0.2) is 20.0 Å². The number of para-hydroxylation sites is 3. The molecule has 148 valence electrons. The number of nitrogens with zero attached hydrogens (tertiary/aromatic N) is 3. The molecule has 30 heavy (non-hydrogen) atoms. The van der Waals surface area contributed by atoms with E-state index in [0.717, 1.165) is 28.4 Å². The maximum atomic E-state index is 12.9. The highest BCUT2D eigenvalue weighted by Crippen LogP contribution is 2.31. The summed E-state index contributed by atoms with van der Waals surface area (Å²) in [6.07, 6.45) is 0. The van der Waals surface area contributed by atoms with Gasteiger partial charge in [-0.1, -0.05) is 30.3 Å². The van der Waals surface area contributed by atoms with E-state index < -0.39 is 11.5 Å². The Morgan fingerprint density at radius 1 is 0.933 bits per heavy atom. The highest BCUT2D eigenvalue weighted by molar-refractivity contribution is 6.11. The summed E-state index contributed by atoms with van der Waals surface area (Å²) in [5.41, 5.74) is 3.64. The van der Waals surface area contributed by atoms with Crippen LogP contribution in [0.25, 0.3) is 32.8 Å². The molecule has 5 rings (SSSR count). The van der Waals surface area contributed by atoms with E-state index in [1.807, 2.05) is 48.5 Å². The van der Waals surface area contributed by atoms with Crippen LogP contribution in [0.5, 0.6) is 0 Å². The molecule has 0 bridgehead atoms. The number of amides is 1. The quantitative estimate of drug-likeness (QED) is 0.494. The first-order valence-corrected chi connectivity index (χ1v) is 9.86. The molecule has 2 aromatic heterocycles. The van der Waals surface area contributed by atoms with Gasteiger partial charge >= 0.3 is 0 Å². The molecular weight excluding hydrogens is 376 g/mol. The molecule has 0 unspecified atom stereocenters. The minimum absolute atomic E-state index is 0.118. The summed E-state index contributed by atoms with van der Waals surface area (Å²) in [5.74, 6) is -0.514. The van der Waals surface area contributed by atoms with Crippen molar-refractivity contribution in [3.05, 3.63) is 82.8 Å². The number of aromatic nitrogens is 3. The highest BCUT2D eigenvalue weighted by atomic mass is 16.2. The van der Waals surface area contributed by atoms with E-state index in [2.05, 4.69) is 33.9 Å². The van der Waals surface area contributed by atoms with Crippen molar-refractivity contribution in [2.45, 2.75) is 13.5 Å². The highest BCUT2D eigenvalue weighted by Gasteiger charge is 2.17. The normalized spacial score (nSPS) is 11.4. The second-order valence-corrected chi connectivity index (χ2v) is 7.26. The largest absolute Gasteiger partial charge is 0.341 e. The molecule has 0 saturated carbocycles. The first-order valence-electron chi connectivity index (χ1n) is 9.86. The van der Waals surface area contributed by atoms with Gasteiger partial charge in [-0.25, -0.2) is 4.98 Å². The van der Waals surface area contributed by atoms with Crippen LogP contribution in [0.15, 0.2) is 71.5 Å². The number of hydrogen-bond donors (Lipinski definition) is 1. The molecule has 2 heterocycles. The molecule has 0 spiro atoms. The van der Waals surface area contributed by atoms with E-state index in [-0.39, 0.29) is 5.69 Å². The van der Waals surface area contributed by atoms with Gasteiger partial charge in [-0.15, -0.1) is 0 Å². The van der Waals surface area contributed by atoms with Gasteiger partial charge < -0.3 is 14.5 Å². The van der Waals surface area contributed by atoms with Crippen LogP contribution in [0.4, 0.5) is 5.69 Å². The number of aryl methyl sites for hydroxylation is 2. The van der Waals surface area contributed by atoms with Crippen LogP contribution in [0.1, 0.15) is 17.4 Å². The van der Waals surface area contributed by atoms with Crippen LogP contribution in [0, 0.1) is 0 Å². The topological polar surface area (TPSA) is 68.9 Å². The molecule has 6 heteroatoms. The third-order valence-corrected chi connectivity index (χ3v) is 5.54. The Kier molecular flexibility index (Phi) is 4.13. The fraction of sp³-hybridized carbons (Fsp3) is 0.125. The number of benzene rings is 3. The minimum atomic E-state index is -0.514. The van der Waals surface area contributed by atoms with Crippen LogP contribution < -0.4 is 10.9 Å². The smallest absolute Gasteiger partial charge is 0.282 e. The Hall–Kier alpha value is -3.93. The lowest BCUT2D eigenvalue weighted by molar-refractivity contribution is 0.102. The van der Waals surface area contributed by atoms with Gasteiger partial charge in [-0.2, -0.15) is 0 Å². The summed E-state index contributed by atoms with van der Waals surface area (Å²) in [5, 5.41) is 5.04. The monoisotopic (exact) mass is 396 g/mol. The molecule has 0 aliphatic heterocycles. The van der Waals surface area contributed by atoms with Gasteiger partial charge in [0.1, 0.15) is 0 Å². The first kappa shape index (κ1) is 18.1. The summed E-state index contributed by atoms with van der Waals surface area (Å²) in [7, 11) is 1.65. The van der Waals surface area contributed by atoms with Gasteiger partial charge in [0.2, 0.25) is 0 Å². The fourth-order valence-corrected chi connectivity index (χ4v) is 4.09. The Balaban J connectivity index is 1.59. The van der Waals surface area contributed by atoms with E-state index in [0.29, 0.717) is 16.7 Å². The molecule has 6 nitrogen and oxygen atoms in total. The van der Waals surface area contributed by atoms with Gasteiger partial charge in [0.05, 0.1) is 11.0 Å². The van der Waals surface area contributed by atoms with Crippen molar-refractivity contribution in [1.29, 1.82) is 0 Å². The number of nitrogens with one attached hydrogen (secondary N) is 1. The van der Waals surface area contributed by atoms with Crippen LogP contribution in [0.3, 0.4) is 0 Å². The molecule has 0 atom stereocenters. The number of carbonyl (C=O) groups excluding carboxylic acids is 1. The Morgan fingerprint density at radius 3 is 2.43 bits per heavy atom. The zero-order valence-corrected chi connectivity index (χ0v) is 16.7. The van der Waals surface area contributed by atoms with Crippen molar-refractivity contribution in [1.82, 2.24) is 14.1 Å². The second kappa shape index (κ2) is 6.84. The van der Waals surface area contributed by atoms with Crippen molar-refractivity contribution in [2.75, 3.05) is 5.32 Å². The fourth-order valence-electron chi connectivity index (χ4n) is 4.09. The number of hydrogen-bond acceptors (Lipinski definition) is 3. The van der Waals surface area contributed by atoms with Crippen molar-refractivity contribution in [2.24, 2.45) is 7.05 Å². The SMILES string of the molecule is CCn1c2ccccc2c2cc(NC(=O)c3nc4ccccc4n(C)c3=O)ccc21. The predicted molar refractivity (Wildman–Crippen MR) is 120 cm³/mol. The first-order chi connectivity index (χ1) is 14.6. The lowest BCUT2D eigenvalue weighted by atomic mass is 10.1. The predicted octanol–water partition coefficient (Wildman–Crippen LogP) is 4.31. The van der Waals surface area contributed by atoms with E-state index in [1.54, 1.807) is 13.1 Å². The Labute approximate surface area is 172 Å². The van der Waals surface area contributed by atoms with Crippen molar-refractivity contribution in [3.63, 3.8) is 0 Å². The van der Waals surface area contributed by atoms with Gasteiger partial charge in [-0.3, -0.25) is 9.59 Å². The van der Waals surface area contributed by atoms with E-state index in [4.69, 9.17) is 0 Å². The maximum Gasteiger partial charge on any atom is 0.282 e. The van der Waals surface area contributed by atoms with Crippen LogP contribution >= 0.6 is 0 Å². The lowest BCUT2D eigenvalue weighted by Gasteiger charge is -2.09. The second-order valence-electron chi connectivity index (χ2n) is 7.26. The summed E-state index contributed by atoms with van der Waals surface area (Å²) in [6.45, 7) is 2.97. The average molecular weight is 396 g/mol. The Bertz CT molecular complexity index is 1510. The summed E-state index contributed by atoms with van der Waals surface area (Å²) >= 11 is 0. The molecular formula is C24H20N4O2. The molecule has 1 N–H and O–H groups in total. The summed E-state index contributed by atoms with van der Waals surface area (Å²) < 4.78 is 3.70. The number of anilines is 1. The summed E-state index contributed by atoms with van der Waals surface area (Å²) in [4.78, 5) is 29.9. The van der Waals surface area contributed by atoms with Crippen LogP contribution in [-0.2, 0) is 13.6 Å². The molecule has 0 aliphatic rings. The number of carbonyl (C=O) groups is 1. The van der Waals surface area contributed by atoms with Crippen molar-refractivity contribution < 1.29 is 4.79 Å². The standard InChI is InChI=1S/C24H20N4O2/c1-3-28-19-10-6-4-8-16(19)17-14-15(12-13-20(17)28)25-23(29)22-24(30)27(2)21-11-7-5-9-18(21)26-22/h4-14H,3H2,1-2H3,(H,25,29). The third kappa shape index (κ3) is 2.69. The zero-order chi connectivity index (χ0) is 20.8. The van der Waals surface area contributed by atoms with E-state index >= 15 is 0 Å². The molecule has 0 fully saturated rings. The molecule has 5 aromatic rings. The molecule has 0 radical (unpaired) electrons. The number of rotatable bonds is 3. The van der Waals surface area contributed by atoms with Gasteiger partial charge in [0, 0.05) is 41.1 Å². The molecule has 0 aliphatic carbocycles. The van der Waals surface area contributed by atoms with Gasteiger partial charge in [-0.05, 0) is 43.3 Å². The molecule has 3 aromatic carbocycles. The average Bonchev–Trinajstić information content (AvgIpc) is 3.09. The van der Waals surface area contributed by atoms with Gasteiger partial charge in [0.15, 0.2) is 5.69 Å². The van der Waals surface area contributed by atoms with E-state index in [1.165, 1.54) is 4.57 Å². The van der Waals surface area contributed by atoms with Crippen molar-refractivity contribution in [3.8, 4) is 0 Å².